The molecule has 0 bridgehead atoms. The summed E-state index contributed by atoms with van der Waals surface area (Å²) >= 11 is 0. The summed E-state index contributed by atoms with van der Waals surface area (Å²) in [6.07, 6.45) is -5.53. The summed E-state index contributed by atoms with van der Waals surface area (Å²) in [5.41, 5.74) is -1.18. The lowest BCUT2D eigenvalue weighted by Crippen LogP contribution is -2.42. The van der Waals surface area contributed by atoms with Crippen molar-refractivity contribution in [1.82, 2.24) is 4.98 Å². The van der Waals surface area contributed by atoms with Gasteiger partial charge in [-0.05, 0) is 19.4 Å². The van der Waals surface area contributed by atoms with Crippen LogP contribution in [0, 0.1) is 0 Å². The molecule has 0 radical (unpaired) electrons. The zero-order chi connectivity index (χ0) is 18.0. The van der Waals surface area contributed by atoms with Crippen LogP contribution in [0.2, 0.25) is 0 Å². The van der Waals surface area contributed by atoms with Gasteiger partial charge in [0.2, 0.25) is 0 Å². The molecule has 0 aliphatic carbocycles. The summed E-state index contributed by atoms with van der Waals surface area (Å²) < 4.78 is 52.0. The van der Waals surface area contributed by atoms with Crippen LogP contribution in [0.3, 0.4) is 0 Å². The van der Waals surface area contributed by atoms with Gasteiger partial charge in [-0.1, -0.05) is 6.07 Å². The van der Waals surface area contributed by atoms with E-state index in [0.29, 0.717) is 13.0 Å². The van der Waals surface area contributed by atoms with Crippen LogP contribution >= 0.6 is 0 Å². The first-order valence-corrected chi connectivity index (χ1v) is 6.51. The third kappa shape index (κ3) is 7.55. The number of ether oxygens (including phenoxy) is 1. The fourth-order valence-corrected chi connectivity index (χ4v) is 1.57. The second-order valence-electron chi connectivity index (χ2n) is 4.36. The molecule has 23 heavy (non-hydrogen) atoms. The van der Waals surface area contributed by atoms with Crippen LogP contribution in [-0.4, -0.2) is 52.3 Å². The Morgan fingerprint density at radius 3 is 2.30 bits per heavy atom. The maximum atomic E-state index is 11.9. The predicted molar refractivity (Wildman–Crippen MR) is 71.2 cm³/mol. The Hall–Kier alpha value is -1.49. The number of pyridine rings is 1. The maximum absolute atomic E-state index is 11.9. The van der Waals surface area contributed by atoms with Crippen LogP contribution in [0.4, 0.5) is 17.7 Å². The molecule has 1 aromatic rings. The number of rotatable bonds is 1. The van der Waals surface area contributed by atoms with E-state index in [2.05, 4.69) is 9.93 Å². The standard InChI is InChI=1S/C6H3F4NO.C6H12O3.CH4O/c7-6(8,9)4-2-1-3-5(11-4)12-10;1-4-6(8)5(7)2-3-9-4;1-2/h1-3H;4-8H,2-3H2,1H3;2H,1H3. The minimum atomic E-state index is -4.57. The molecule has 1 aliphatic rings. The van der Waals surface area contributed by atoms with Crippen molar-refractivity contribution in [1.29, 1.82) is 0 Å². The molecule has 0 amide bonds. The molecular weight excluding hydrogens is 326 g/mol. The van der Waals surface area contributed by atoms with Gasteiger partial charge in [0.05, 0.1) is 12.2 Å². The van der Waals surface area contributed by atoms with Gasteiger partial charge in [-0.15, -0.1) is 0 Å². The Balaban J connectivity index is 0.000000392. The van der Waals surface area contributed by atoms with E-state index >= 15 is 0 Å². The number of aliphatic hydroxyl groups is 3. The molecule has 3 atom stereocenters. The van der Waals surface area contributed by atoms with E-state index in [1.165, 1.54) is 0 Å². The number of alkyl halides is 3. The molecule has 2 heterocycles. The Kier molecular flexibility index (Phi) is 9.65. The van der Waals surface area contributed by atoms with E-state index < -0.39 is 30.0 Å². The van der Waals surface area contributed by atoms with Crippen LogP contribution in [0.5, 0.6) is 5.88 Å². The van der Waals surface area contributed by atoms with Gasteiger partial charge >= 0.3 is 6.18 Å². The zero-order valence-electron chi connectivity index (χ0n) is 12.5. The quantitative estimate of drug-likeness (QED) is 0.668. The highest BCUT2D eigenvalue weighted by molar-refractivity contribution is 5.17. The third-order valence-corrected chi connectivity index (χ3v) is 2.76. The van der Waals surface area contributed by atoms with Gasteiger partial charge in [-0.3, -0.25) is 4.94 Å². The molecule has 10 heteroatoms. The maximum Gasteiger partial charge on any atom is 0.433 e. The van der Waals surface area contributed by atoms with E-state index in [1.54, 1.807) is 6.92 Å². The number of aliphatic hydroxyl groups excluding tert-OH is 3. The highest BCUT2D eigenvalue weighted by atomic mass is 19.4. The molecule has 6 nitrogen and oxygen atoms in total. The number of halogens is 4. The van der Waals surface area contributed by atoms with Gasteiger partial charge in [0, 0.05) is 24.3 Å². The number of hydrogen-bond acceptors (Lipinski definition) is 6. The van der Waals surface area contributed by atoms with Crippen molar-refractivity contribution >= 4 is 0 Å². The minimum Gasteiger partial charge on any atom is -0.400 e. The molecule has 3 unspecified atom stereocenters. The molecule has 1 fully saturated rings. The van der Waals surface area contributed by atoms with E-state index in [-0.39, 0.29) is 6.10 Å². The van der Waals surface area contributed by atoms with Gasteiger partial charge in [0.15, 0.2) is 0 Å². The lowest BCUT2D eigenvalue weighted by molar-refractivity contribution is -0.142. The van der Waals surface area contributed by atoms with E-state index in [1.807, 2.05) is 0 Å². The van der Waals surface area contributed by atoms with E-state index in [9.17, 15) is 17.7 Å². The van der Waals surface area contributed by atoms with Crippen molar-refractivity contribution < 1.29 is 42.7 Å². The highest BCUT2D eigenvalue weighted by Crippen LogP contribution is 2.28. The fourth-order valence-electron chi connectivity index (χ4n) is 1.57. The second kappa shape index (κ2) is 10.3. The highest BCUT2D eigenvalue weighted by Gasteiger charge is 2.32. The van der Waals surface area contributed by atoms with Crippen molar-refractivity contribution in [3.05, 3.63) is 23.9 Å². The molecule has 1 aromatic heterocycles. The van der Waals surface area contributed by atoms with Crippen LogP contribution in [0.25, 0.3) is 0 Å². The molecule has 134 valence electrons. The summed E-state index contributed by atoms with van der Waals surface area (Å²) in [7, 11) is 1.00. The largest absolute Gasteiger partial charge is 0.433 e. The smallest absolute Gasteiger partial charge is 0.400 e. The number of hydrogen-bond donors (Lipinski definition) is 3. The number of nitrogens with zero attached hydrogens (tertiary/aromatic N) is 1. The second-order valence-corrected chi connectivity index (χ2v) is 4.36. The Morgan fingerprint density at radius 1 is 1.26 bits per heavy atom. The first-order valence-electron chi connectivity index (χ1n) is 6.51. The van der Waals surface area contributed by atoms with Gasteiger partial charge < -0.3 is 20.1 Å². The first-order chi connectivity index (χ1) is 10.8. The Morgan fingerprint density at radius 2 is 1.87 bits per heavy atom. The summed E-state index contributed by atoms with van der Waals surface area (Å²) in [5.74, 6) is -0.704. The van der Waals surface area contributed by atoms with Crippen LogP contribution < -0.4 is 4.94 Å². The van der Waals surface area contributed by atoms with Crippen LogP contribution in [0.1, 0.15) is 19.0 Å². The molecule has 2 rings (SSSR count). The average Bonchev–Trinajstić information content (AvgIpc) is 2.54. The molecule has 1 saturated heterocycles. The fraction of sp³-hybridized carbons (Fsp3) is 0.615. The predicted octanol–water partition coefficient (Wildman–Crippen LogP) is 1.49. The Labute approximate surface area is 130 Å². The van der Waals surface area contributed by atoms with Crippen LogP contribution in [-0.2, 0) is 10.9 Å². The summed E-state index contributed by atoms with van der Waals surface area (Å²) in [6, 6.07) is 2.71. The van der Waals surface area contributed by atoms with Crippen molar-refractivity contribution in [3.63, 3.8) is 0 Å². The van der Waals surface area contributed by atoms with Crippen molar-refractivity contribution in [3.8, 4) is 5.88 Å². The first kappa shape index (κ1) is 21.5. The van der Waals surface area contributed by atoms with Crippen molar-refractivity contribution in [2.24, 2.45) is 0 Å². The SMILES string of the molecule is CC1OCCC(O)C1O.CO.FOc1cccc(C(F)(F)F)n1. The average molecular weight is 345 g/mol. The molecule has 3 N–H and O–H groups in total. The van der Waals surface area contributed by atoms with Gasteiger partial charge in [0.25, 0.3) is 5.88 Å². The van der Waals surface area contributed by atoms with Crippen LogP contribution in [0.15, 0.2) is 18.2 Å². The zero-order valence-corrected chi connectivity index (χ0v) is 12.5. The molecule has 1 aliphatic heterocycles. The lowest BCUT2D eigenvalue weighted by Gasteiger charge is -2.29. The third-order valence-electron chi connectivity index (χ3n) is 2.76. The monoisotopic (exact) mass is 345 g/mol. The van der Waals surface area contributed by atoms with Gasteiger partial charge in [-0.25, -0.2) is 4.98 Å². The van der Waals surface area contributed by atoms with Crippen molar-refractivity contribution in [2.75, 3.05) is 13.7 Å². The van der Waals surface area contributed by atoms with E-state index in [4.69, 9.17) is 20.1 Å². The molecule has 0 aromatic carbocycles. The minimum absolute atomic E-state index is 0.214. The summed E-state index contributed by atoms with van der Waals surface area (Å²) in [6.45, 7) is 2.31. The lowest BCUT2D eigenvalue weighted by atomic mass is 10.0. The number of aromatic nitrogens is 1. The van der Waals surface area contributed by atoms with E-state index in [0.717, 1.165) is 25.3 Å². The summed E-state index contributed by atoms with van der Waals surface area (Å²) in [4.78, 5) is 5.88. The normalized spacial score (nSPS) is 23.8. The van der Waals surface area contributed by atoms with Gasteiger partial charge in [0.1, 0.15) is 11.8 Å². The Bertz CT molecular complexity index is 437. The molecular formula is C13H19F4NO5. The van der Waals surface area contributed by atoms with Gasteiger partial charge in [-0.2, -0.15) is 13.2 Å². The molecule has 0 saturated carbocycles. The summed E-state index contributed by atoms with van der Waals surface area (Å²) in [5, 5.41) is 25.1. The topological polar surface area (TPSA) is 92.0 Å². The van der Waals surface area contributed by atoms with Crippen molar-refractivity contribution in [2.45, 2.75) is 37.8 Å². The molecule has 0 spiro atoms.